The number of nitrogens with zero attached hydrogens (tertiary/aromatic N) is 2. The van der Waals surface area contributed by atoms with Crippen LogP contribution in [-0.4, -0.2) is 30.1 Å². The Bertz CT molecular complexity index is 485. The van der Waals surface area contributed by atoms with Crippen LogP contribution in [0.2, 0.25) is 0 Å². The van der Waals surface area contributed by atoms with E-state index >= 15 is 0 Å². The number of nitrogens with one attached hydrogen (secondary N) is 2. The number of aliphatic imine (C=N–C) groups is 1. The molecule has 0 radical (unpaired) electrons. The first-order valence-electron chi connectivity index (χ1n) is 8.30. The molecule has 0 fully saturated rings. The highest BCUT2D eigenvalue weighted by Gasteiger charge is 2.17. The van der Waals surface area contributed by atoms with Gasteiger partial charge >= 0.3 is 0 Å². The molecule has 1 aliphatic rings. The minimum absolute atomic E-state index is 0.394. The zero-order valence-electron chi connectivity index (χ0n) is 13.9. The minimum Gasteiger partial charge on any atom is -0.357 e. The summed E-state index contributed by atoms with van der Waals surface area (Å²) >= 11 is 0. The fourth-order valence-corrected chi connectivity index (χ4v) is 2.73. The van der Waals surface area contributed by atoms with Crippen LogP contribution in [0.15, 0.2) is 41.7 Å². The van der Waals surface area contributed by atoms with Crippen molar-refractivity contribution in [3.63, 3.8) is 0 Å². The van der Waals surface area contributed by atoms with E-state index in [2.05, 4.69) is 54.6 Å². The normalized spacial score (nSPS) is 17.0. The molecule has 2 rings (SSSR count). The van der Waals surface area contributed by atoms with E-state index in [1.165, 1.54) is 5.56 Å². The van der Waals surface area contributed by atoms with Crippen molar-refractivity contribution >= 4 is 5.96 Å². The molecule has 1 atom stereocenters. The predicted molar refractivity (Wildman–Crippen MR) is 93.1 cm³/mol. The van der Waals surface area contributed by atoms with Crippen molar-refractivity contribution in [2.75, 3.05) is 13.1 Å². The summed E-state index contributed by atoms with van der Waals surface area (Å²) in [6.45, 7) is 8.25. The van der Waals surface area contributed by atoms with Gasteiger partial charge in [-0.2, -0.15) is 0 Å². The number of pyridine rings is 1. The van der Waals surface area contributed by atoms with Crippen LogP contribution in [0.5, 0.6) is 0 Å². The van der Waals surface area contributed by atoms with Gasteiger partial charge in [0.1, 0.15) is 0 Å². The van der Waals surface area contributed by atoms with E-state index < -0.39 is 0 Å². The smallest absolute Gasteiger partial charge is 0.191 e. The standard InChI is InChI=1S/C18H28N4/c1-4-20-18(22-16-9-5-6-10-16)21-13-17(14(2)3)15-8-7-11-19-12-15/h5-8,11-12,14,16-17H,4,9-10,13H2,1-3H3,(H2,20,21,22). The maximum Gasteiger partial charge on any atom is 0.191 e. The van der Waals surface area contributed by atoms with E-state index in [1.54, 1.807) is 0 Å². The van der Waals surface area contributed by atoms with Gasteiger partial charge in [0.15, 0.2) is 5.96 Å². The molecule has 0 saturated carbocycles. The largest absolute Gasteiger partial charge is 0.357 e. The quantitative estimate of drug-likeness (QED) is 0.482. The molecular formula is C18H28N4. The van der Waals surface area contributed by atoms with Gasteiger partial charge in [-0.25, -0.2) is 0 Å². The van der Waals surface area contributed by atoms with Gasteiger partial charge in [-0.15, -0.1) is 0 Å². The topological polar surface area (TPSA) is 49.3 Å². The van der Waals surface area contributed by atoms with Crippen LogP contribution in [-0.2, 0) is 0 Å². The number of aromatic nitrogens is 1. The number of guanidine groups is 1. The zero-order chi connectivity index (χ0) is 15.8. The van der Waals surface area contributed by atoms with Crippen LogP contribution in [0.3, 0.4) is 0 Å². The Morgan fingerprint density at radius 3 is 2.73 bits per heavy atom. The maximum absolute atomic E-state index is 4.81. The van der Waals surface area contributed by atoms with Crippen LogP contribution in [0.25, 0.3) is 0 Å². The van der Waals surface area contributed by atoms with Gasteiger partial charge in [-0.3, -0.25) is 9.98 Å². The lowest BCUT2D eigenvalue weighted by molar-refractivity contribution is 0.503. The van der Waals surface area contributed by atoms with Crippen LogP contribution in [0.1, 0.15) is 45.1 Å². The molecule has 0 saturated heterocycles. The van der Waals surface area contributed by atoms with Gasteiger partial charge in [0.05, 0.1) is 0 Å². The van der Waals surface area contributed by atoms with Gasteiger partial charge in [0, 0.05) is 37.4 Å². The summed E-state index contributed by atoms with van der Waals surface area (Å²) < 4.78 is 0. The van der Waals surface area contributed by atoms with Crippen molar-refractivity contribution in [2.24, 2.45) is 10.9 Å². The highest BCUT2D eigenvalue weighted by molar-refractivity contribution is 5.80. The van der Waals surface area contributed by atoms with E-state index in [4.69, 9.17) is 4.99 Å². The molecule has 1 aliphatic carbocycles. The van der Waals surface area contributed by atoms with Gasteiger partial charge in [-0.05, 0) is 37.3 Å². The molecule has 4 nitrogen and oxygen atoms in total. The van der Waals surface area contributed by atoms with E-state index in [-0.39, 0.29) is 0 Å². The van der Waals surface area contributed by atoms with Gasteiger partial charge in [0.2, 0.25) is 0 Å². The molecule has 2 N–H and O–H groups in total. The second kappa shape index (κ2) is 8.57. The van der Waals surface area contributed by atoms with Crippen molar-refractivity contribution in [3.05, 3.63) is 42.2 Å². The Labute approximate surface area is 134 Å². The van der Waals surface area contributed by atoms with Crippen molar-refractivity contribution in [2.45, 2.75) is 45.6 Å². The number of rotatable bonds is 6. The SMILES string of the molecule is CCNC(=NCC(c1cccnc1)C(C)C)NC1CC=CC1. The number of hydrogen-bond acceptors (Lipinski definition) is 2. The first-order chi connectivity index (χ1) is 10.7. The second-order valence-electron chi connectivity index (χ2n) is 6.14. The highest BCUT2D eigenvalue weighted by atomic mass is 15.2. The Balaban J connectivity index is 2.02. The summed E-state index contributed by atoms with van der Waals surface area (Å²) in [7, 11) is 0. The summed E-state index contributed by atoms with van der Waals surface area (Å²) in [5.74, 6) is 1.85. The van der Waals surface area contributed by atoms with Crippen LogP contribution in [0, 0.1) is 5.92 Å². The monoisotopic (exact) mass is 300 g/mol. The van der Waals surface area contributed by atoms with Crippen molar-refractivity contribution < 1.29 is 0 Å². The summed E-state index contributed by atoms with van der Waals surface area (Å²) in [5.41, 5.74) is 1.26. The molecule has 0 bridgehead atoms. The summed E-state index contributed by atoms with van der Waals surface area (Å²) in [4.78, 5) is 9.06. The molecule has 1 aromatic rings. The number of hydrogen-bond donors (Lipinski definition) is 2. The van der Waals surface area contributed by atoms with Gasteiger partial charge < -0.3 is 10.6 Å². The molecule has 1 heterocycles. The fraction of sp³-hybridized carbons (Fsp3) is 0.556. The summed E-state index contributed by atoms with van der Waals surface area (Å²) in [5, 5.41) is 6.87. The minimum atomic E-state index is 0.394. The Kier molecular flexibility index (Phi) is 6.44. The third-order valence-corrected chi connectivity index (χ3v) is 4.06. The molecule has 0 amide bonds. The molecular weight excluding hydrogens is 272 g/mol. The second-order valence-corrected chi connectivity index (χ2v) is 6.14. The fourth-order valence-electron chi connectivity index (χ4n) is 2.73. The lowest BCUT2D eigenvalue weighted by atomic mass is 9.89. The van der Waals surface area contributed by atoms with Crippen LogP contribution in [0.4, 0.5) is 0 Å². The van der Waals surface area contributed by atoms with E-state index in [1.807, 2.05) is 18.5 Å². The molecule has 22 heavy (non-hydrogen) atoms. The first kappa shape index (κ1) is 16.5. The molecule has 0 spiro atoms. The highest BCUT2D eigenvalue weighted by Crippen LogP contribution is 2.23. The zero-order valence-corrected chi connectivity index (χ0v) is 13.9. The average molecular weight is 300 g/mol. The molecule has 0 aliphatic heterocycles. The van der Waals surface area contributed by atoms with E-state index in [0.717, 1.165) is 31.9 Å². The van der Waals surface area contributed by atoms with Crippen LogP contribution < -0.4 is 10.6 Å². The van der Waals surface area contributed by atoms with Gasteiger partial charge in [-0.1, -0.05) is 32.1 Å². The van der Waals surface area contributed by atoms with E-state index in [9.17, 15) is 0 Å². The van der Waals surface area contributed by atoms with Crippen molar-refractivity contribution in [3.8, 4) is 0 Å². The summed E-state index contributed by atoms with van der Waals surface area (Å²) in [6.07, 6.45) is 10.4. The molecule has 1 aromatic heterocycles. The average Bonchev–Trinajstić information content (AvgIpc) is 3.01. The Morgan fingerprint density at radius 1 is 1.36 bits per heavy atom. The summed E-state index contributed by atoms with van der Waals surface area (Å²) in [6, 6.07) is 4.63. The van der Waals surface area contributed by atoms with Crippen LogP contribution >= 0.6 is 0 Å². The van der Waals surface area contributed by atoms with E-state index in [0.29, 0.717) is 17.9 Å². The third kappa shape index (κ3) is 4.86. The lowest BCUT2D eigenvalue weighted by Gasteiger charge is -2.21. The third-order valence-electron chi connectivity index (χ3n) is 4.06. The van der Waals surface area contributed by atoms with Gasteiger partial charge in [0.25, 0.3) is 0 Å². The Morgan fingerprint density at radius 2 is 2.14 bits per heavy atom. The maximum atomic E-state index is 4.81. The molecule has 0 aromatic carbocycles. The Hall–Kier alpha value is -1.84. The molecule has 4 heteroatoms. The first-order valence-corrected chi connectivity index (χ1v) is 8.30. The molecule has 120 valence electrons. The van der Waals surface area contributed by atoms with Crippen molar-refractivity contribution in [1.82, 2.24) is 15.6 Å². The molecule has 1 unspecified atom stereocenters. The predicted octanol–water partition coefficient (Wildman–Crippen LogP) is 3.09. The van der Waals surface area contributed by atoms with Crippen molar-refractivity contribution in [1.29, 1.82) is 0 Å². The lowest BCUT2D eigenvalue weighted by Crippen LogP contribution is -2.42.